The average molecular weight is 614 g/mol. The standard InChI is InChI=1S/C45H31N3/c1-3-14-30(15-4-1)43-46-44(31-16-5-2-6-17-31)48-45(47-43)41-25-12-7-20-35(41)34-19-13-18-32(28-34)33-26-27-40-38-23-9-8-21-36(38)37-22-10-11-24-39(37)42(40)29-33/h1,3-5,7-29H,2,6H2. The second-order valence-electron chi connectivity index (χ2n) is 12.3. The summed E-state index contributed by atoms with van der Waals surface area (Å²) in [5.41, 5.74) is 7.55. The van der Waals surface area contributed by atoms with Gasteiger partial charge in [-0.15, -0.1) is 0 Å². The molecule has 3 nitrogen and oxygen atoms in total. The SMILES string of the molecule is C1=CC(c2nc(-c3ccccc3)nc(-c3ccccc3-c3cccc(-c4ccc5c6ccccc6c6ccccc6c5c4)c3)n2)=CCC1. The minimum absolute atomic E-state index is 0.670. The fraction of sp³-hybridized carbons (Fsp3) is 0.0444. The van der Waals surface area contributed by atoms with Gasteiger partial charge in [0.1, 0.15) is 0 Å². The van der Waals surface area contributed by atoms with Crippen LogP contribution in [0.2, 0.25) is 0 Å². The Hall–Kier alpha value is -6.19. The van der Waals surface area contributed by atoms with E-state index < -0.39 is 0 Å². The molecule has 0 N–H and O–H groups in total. The third-order valence-electron chi connectivity index (χ3n) is 9.34. The van der Waals surface area contributed by atoms with Gasteiger partial charge in [-0.1, -0.05) is 152 Å². The number of hydrogen-bond acceptors (Lipinski definition) is 3. The second kappa shape index (κ2) is 11.9. The van der Waals surface area contributed by atoms with Crippen LogP contribution in [-0.2, 0) is 0 Å². The minimum Gasteiger partial charge on any atom is -0.208 e. The predicted molar refractivity (Wildman–Crippen MR) is 200 cm³/mol. The summed E-state index contributed by atoms with van der Waals surface area (Å²) in [6, 6.07) is 51.8. The van der Waals surface area contributed by atoms with Gasteiger partial charge in [0, 0.05) is 16.7 Å². The van der Waals surface area contributed by atoms with Crippen LogP contribution >= 0.6 is 0 Å². The molecule has 1 aliphatic rings. The van der Waals surface area contributed by atoms with Gasteiger partial charge in [-0.25, -0.2) is 15.0 Å². The number of allylic oxidation sites excluding steroid dienone is 4. The van der Waals surface area contributed by atoms with E-state index in [9.17, 15) is 0 Å². The Bertz CT molecular complexity index is 2530. The Balaban J connectivity index is 1.18. The van der Waals surface area contributed by atoms with Crippen molar-refractivity contribution in [2.75, 3.05) is 0 Å². The lowest BCUT2D eigenvalue weighted by molar-refractivity contribution is 1.01. The highest BCUT2D eigenvalue weighted by Crippen LogP contribution is 2.39. The van der Waals surface area contributed by atoms with Crippen molar-refractivity contribution in [1.29, 1.82) is 0 Å². The first-order valence-electron chi connectivity index (χ1n) is 16.5. The first kappa shape index (κ1) is 28.1. The predicted octanol–water partition coefficient (Wildman–Crippen LogP) is 11.7. The fourth-order valence-corrected chi connectivity index (χ4v) is 7.00. The summed E-state index contributed by atoms with van der Waals surface area (Å²) in [7, 11) is 0. The Labute approximate surface area is 279 Å². The molecule has 3 heteroatoms. The van der Waals surface area contributed by atoms with Gasteiger partial charge < -0.3 is 0 Å². The van der Waals surface area contributed by atoms with Crippen molar-refractivity contribution >= 4 is 37.9 Å². The monoisotopic (exact) mass is 613 g/mol. The molecule has 8 aromatic rings. The Kier molecular flexibility index (Phi) is 6.94. The van der Waals surface area contributed by atoms with E-state index >= 15 is 0 Å². The zero-order valence-electron chi connectivity index (χ0n) is 26.3. The van der Waals surface area contributed by atoms with Crippen molar-refractivity contribution in [1.82, 2.24) is 15.0 Å². The number of fused-ring (bicyclic) bond motifs is 6. The smallest absolute Gasteiger partial charge is 0.164 e. The summed E-state index contributed by atoms with van der Waals surface area (Å²) in [6.45, 7) is 0. The molecular formula is C45H31N3. The first-order chi connectivity index (χ1) is 23.8. The van der Waals surface area contributed by atoms with Gasteiger partial charge in [-0.05, 0) is 79.5 Å². The number of rotatable bonds is 5. The van der Waals surface area contributed by atoms with E-state index in [1.165, 1.54) is 43.4 Å². The molecule has 0 unspecified atom stereocenters. The Morgan fingerprint density at radius 1 is 0.354 bits per heavy atom. The normalized spacial score (nSPS) is 12.9. The van der Waals surface area contributed by atoms with Crippen molar-refractivity contribution in [2.45, 2.75) is 12.8 Å². The molecule has 1 heterocycles. The molecule has 0 amide bonds. The van der Waals surface area contributed by atoms with E-state index in [1.807, 2.05) is 18.2 Å². The van der Waals surface area contributed by atoms with Gasteiger partial charge in [-0.2, -0.15) is 0 Å². The third kappa shape index (κ3) is 4.97. The number of aromatic nitrogens is 3. The van der Waals surface area contributed by atoms with E-state index in [-0.39, 0.29) is 0 Å². The van der Waals surface area contributed by atoms with Crippen molar-refractivity contribution in [3.63, 3.8) is 0 Å². The maximum absolute atomic E-state index is 5.07. The molecule has 0 bridgehead atoms. The zero-order valence-corrected chi connectivity index (χ0v) is 26.3. The van der Waals surface area contributed by atoms with Gasteiger partial charge >= 0.3 is 0 Å². The van der Waals surface area contributed by atoms with E-state index in [4.69, 9.17) is 15.0 Å². The third-order valence-corrected chi connectivity index (χ3v) is 9.34. The molecular weight excluding hydrogens is 583 g/mol. The van der Waals surface area contributed by atoms with Crippen LogP contribution in [0.15, 0.2) is 164 Å². The van der Waals surface area contributed by atoms with Crippen molar-refractivity contribution in [3.8, 4) is 45.0 Å². The summed E-state index contributed by atoms with van der Waals surface area (Å²) >= 11 is 0. The molecule has 7 aromatic carbocycles. The summed E-state index contributed by atoms with van der Waals surface area (Å²) in [6.07, 6.45) is 8.56. The Morgan fingerprint density at radius 2 is 0.917 bits per heavy atom. The average Bonchev–Trinajstić information content (AvgIpc) is 3.18. The molecule has 0 atom stereocenters. The summed E-state index contributed by atoms with van der Waals surface area (Å²) in [5, 5.41) is 7.68. The molecule has 1 aliphatic carbocycles. The number of nitrogens with zero attached hydrogens (tertiary/aromatic N) is 3. The van der Waals surface area contributed by atoms with Crippen molar-refractivity contribution < 1.29 is 0 Å². The lowest BCUT2D eigenvalue weighted by atomic mass is 9.91. The van der Waals surface area contributed by atoms with E-state index in [2.05, 4.69) is 146 Å². The van der Waals surface area contributed by atoms with Crippen LogP contribution in [0.5, 0.6) is 0 Å². The van der Waals surface area contributed by atoms with Crippen molar-refractivity contribution in [2.24, 2.45) is 0 Å². The molecule has 0 saturated heterocycles. The highest BCUT2D eigenvalue weighted by Gasteiger charge is 2.17. The van der Waals surface area contributed by atoms with E-state index in [1.54, 1.807) is 0 Å². The second-order valence-corrected chi connectivity index (χ2v) is 12.3. The maximum atomic E-state index is 5.07. The van der Waals surface area contributed by atoms with Crippen molar-refractivity contribution in [3.05, 3.63) is 170 Å². The van der Waals surface area contributed by atoms with E-state index in [0.717, 1.165) is 40.7 Å². The van der Waals surface area contributed by atoms with Crippen LogP contribution in [0.1, 0.15) is 18.7 Å². The molecule has 1 aromatic heterocycles. The van der Waals surface area contributed by atoms with E-state index in [0.29, 0.717) is 17.5 Å². The molecule has 48 heavy (non-hydrogen) atoms. The van der Waals surface area contributed by atoms with Gasteiger partial charge in [0.05, 0.1) is 0 Å². The highest BCUT2D eigenvalue weighted by molar-refractivity contribution is 6.25. The first-order valence-corrected chi connectivity index (χ1v) is 16.5. The zero-order chi connectivity index (χ0) is 31.9. The summed E-state index contributed by atoms with van der Waals surface area (Å²) in [4.78, 5) is 15.0. The molecule has 0 radical (unpaired) electrons. The molecule has 0 saturated carbocycles. The van der Waals surface area contributed by atoms with Gasteiger partial charge in [0.2, 0.25) is 0 Å². The minimum atomic E-state index is 0.670. The number of hydrogen-bond donors (Lipinski definition) is 0. The molecule has 0 fully saturated rings. The van der Waals surface area contributed by atoms with Crippen LogP contribution < -0.4 is 0 Å². The maximum Gasteiger partial charge on any atom is 0.164 e. The number of benzene rings is 7. The topological polar surface area (TPSA) is 38.7 Å². The summed E-state index contributed by atoms with van der Waals surface area (Å²) in [5.74, 6) is 2.05. The summed E-state index contributed by atoms with van der Waals surface area (Å²) < 4.78 is 0. The fourth-order valence-electron chi connectivity index (χ4n) is 7.00. The molecule has 9 rings (SSSR count). The molecule has 0 aliphatic heterocycles. The van der Waals surface area contributed by atoms with Crippen LogP contribution in [-0.4, -0.2) is 15.0 Å². The Morgan fingerprint density at radius 3 is 1.65 bits per heavy atom. The van der Waals surface area contributed by atoms with Gasteiger partial charge in [0.15, 0.2) is 17.5 Å². The van der Waals surface area contributed by atoms with Gasteiger partial charge in [0.25, 0.3) is 0 Å². The highest BCUT2D eigenvalue weighted by atomic mass is 15.0. The molecule has 226 valence electrons. The van der Waals surface area contributed by atoms with Gasteiger partial charge in [-0.3, -0.25) is 0 Å². The largest absolute Gasteiger partial charge is 0.208 e. The molecule has 0 spiro atoms. The lowest BCUT2D eigenvalue weighted by Crippen LogP contribution is -2.03. The van der Waals surface area contributed by atoms with Crippen LogP contribution in [0, 0.1) is 0 Å². The van der Waals surface area contributed by atoms with Crippen LogP contribution in [0.4, 0.5) is 0 Å². The van der Waals surface area contributed by atoms with Crippen LogP contribution in [0.25, 0.3) is 82.9 Å². The lowest BCUT2D eigenvalue weighted by Gasteiger charge is -2.14. The van der Waals surface area contributed by atoms with Crippen LogP contribution in [0.3, 0.4) is 0 Å². The quantitative estimate of drug-likeness (QED) is 0.181.